The Morgan fingerprint density at radius 1 is 1.08 bits per heavy atom. The summed E-state index contributed by atoms with van der Waals surface area (Å²) in [6.45, 7) is 0. The maximum atomic E-state index is 11.8. The molecule has 2 aromatic carbocycles. The molecule has 0 saturated heterocycles. The van der Waals surface area contributed by atoms with Crippen LogP contribution < -0.4 is 10.7 Å². The monoisotopic (exact) mass is 408 g/mol. The van der Waals surface area contributed by atoms with Crippen molar-refractivity contribution in [2.75, 3.05) is 5.32 Å². The number of carbonyl (C=O) groups excluding carboxylic acids is 1. The molecule has 6 nitrogen and oxygen atoms in total. The van der Waals surface area contributed by atoms with Crippen molar-refractivity contribution in [3.63, 3.8) is 0 Å². The van der Waals surface area contributed by atoms with E-state index in [9.17, 15) is 4.79 Å². The molecule has 0 aliphatic rings. The molecule has 7 heteroatoms. The summed E-state index contributed by atoms with van der Waals surface area (Å²) >= 11 is 3.33. The van der Waals surface area contributed by atoms with Gasteiger partial charge in [0.05, 0.1) is 17.8 Å². The molecule has 1 heterocycles. The van der Waals surface area contributed by atoms with Gasteiger partial charge in [-0.15, -0.1) is 0 Å². The Balaban J connectivity index is 1.57. The highest BCUT2D eigenvalue weighted by Gasteiger charge is 2.04. The van der Waals surface area contributed by atoms with Gasteiger partial charge in [-0.05, 0) is 60.7 Å². The molecule has 2 amide bonds. The first-order valence-electron chi connectivity index (χ1n) is 7.60. The molecule has 0 unspecified atom stereocenters. The molecule has 0 aliphatic heterocycles. The van der Waals surface area contributed by atoms with Crippen molar-refractivity contribution < 1.29 is 9.21 Å². The molecule has 0 aliphatic carbocycles. The Morgan fingerprint density at radius 2 is 1.81 bits per heavy atom. The van der Waals surface area contributed by atoms with E-state index < -0.39 is 6.03 Å². The molecule has 0 saturated carbocycles. The predicted molar refractivity (Wildman–Crippen MR) is 103 cm³/mol. The van der Waals surface area contributed by atoms with Crippen LogP contribution in [-0.2, 0) is 0 Å². The number of carbonyl (C=O) groups is 1. The van der Waals surface area contributed by atoms with Crippen LogP contribution in [0.25, 0.3) is 11.3 Å². The number of benzene rings is 2. The summed E-state index contributed by atoms with van der Waals surface area (Å²) in [4.78, 5) is 11.8. The summed E-state index contributed by atoms with van der Waals surface area (Å²) in [6, 6.07) is 19.4. The topological polar surface area (TPSA) is 90.4 Å². The Morgan fingerprint density at radius 3 is 2.50 bits per heavy atom. The summed E-state index contributed by atoms with van der Waals surface area (Å²) in [7, 11) is 0. The Labute approximate surface area is 158 Å². The number of hydrogen-bond acceptors (Lipinski definition) is 4. The van der Waals surface area contributed by atoms with Gasteiger partial charge >= 0.3 is 6.03 Å². The van der Waals surface area contributed by atoms with Crippen molar-refractivity contribution in [1.82, 2.24) is 5.43 Å². The van der Waals surface area contributed by atoms with Crippen molar-refractivity contribution in [3.05, 3.63) is 76.5 Å². The van der Waals surface area contributed by atoms with Crippen LogP contribution in [0.2, 0.25) is 0 Å². The third-order valence-electron chi connectivity index (χ3n) is 3.39. The molecule has 2 N–H and O–H groups in total. The lowest BCUT2D eigenvalue weighted by molar-refractivity contribution is 0.252. The molecule has 128 valence electrons. The van der Waals surface area contributed by atoms with Gasteiger partial charge in [-0.1, -0.05) is 15.9 Å². The second-order valence-electron chi connectivity index (χ2n) is 5.22. The standard InChI is InChI=1S/C19H13BrN4O2/c20-15-5-7-16(8-6-15)23-19(25)24-22-12-17-9-10-18(26-17)14-3-1-13(11-21)2-4-14/h1-10,12H,(H2,23,24,25). The first kappa shape index (κ1) is 17.5. The fraction of sp³-hybridized carbons (Fsp3) is 0. The molecular formula is C19H13BrN4O2. The van der Waals surface area contributed by atoms with E-state index in [-0.39, 0.29) is 0 Å². The highest BCUT2D eigenvalue weighted by molar-refractivity contribution is 9.10. The van der Waals surface area contributed by atoms with Crippen molar-refractivity contribution in [2.24, 2.45) is 5.10 Å². The van der Waals surface area contributed by atoms with Crippen LogP contribution in [0.1, 0.15) is 11.3 Å². The third-order valence-corrected chi connectivity index (χ3v) is 3.91. The minimum absolute atomic E-state index is 0.456. The fourth-order valence-corrected chi connectivity index (χ4v) is 2.40. The highest BCUT2D eigenvalue weighted by Crippen LogP contribution is 2.21. The zero-order valence-electron chi connectivity index (χ0n) is 13.4. The number of furan rings is 1. The molecule has 3 aromatic rings. The van der Waals surface area contributed by atoms with Crippen LogP contribution in [0.15, 0.2) is 74.7 Å². The third kappa shape index (κ3) is 4.59. The fourth-order valence-electron chi connectivity index (χ4n) is 2.13. The van der Waals surface area contributed by atoms with Crippen LogP contribution in [0.5, 0.6) is 0 Å². The summed E-state index contributed by atoms with van der Waals surface area (Å²) in [5, 5.41) is 15.3. The highest BCUT2D eigenvalue weighted by atomic mass is 79.9. The first-order chi connectivity index (χ1) is 12.6. The lowest BCUT2D eigenvalue weighted by Crippen LogP contribution is -2.24. The maximum Gasteiger partial charge on any atom is 0.339 e. The number of hydrogen-bond donors (Lipinski definition) is 2. The van der Waals surface area contributed by atoms with E-state index in [1.54, 1.807) is 36.4 Å². The molecule has 26 heavy (non-hydrogen) atoms. The van der Waals surface area contributed by atoms with Gasteiger partial charge in [0, 0.05) is 15.7 Å². The Bertz CT molecular complexity index is 970. The van der Waals surface area contributed by atoms with E-state index in [0.717, 1.165) is 10.0 Å². The van der Waals surface area contributed by atoms with Crippen molar-refractivity contribution in [3.8, 4) is 17.4 Å². The van der Waals surface area contributed by atoms with Gasteiger partial charge in [-0.3, -0.25) is 0 Å². The van der Waals surface area contributed by atoms with Crippen molar-refractivity contribution >= 4 is 33.9 Å². The van der Waals surface area contributed by atoms with E-state index in [4.69, 9.17) is 9.68 Å². The number of nitrogens with one attached hydrogen (secondary N) is 2. The normalized spacial score (nSPS) is 10.5. The zero-order chi connectivity index (χ0) is 18.4. The first-order valence-corrected chi connectivity index (χ1v) is 8.39. The number of urea groups is 1. The average molecular weight is 409 g/mol. The summed E-state index contributed by atoms with van der Waals surface area (Å²) in [5.41, 5.74) is 4.46. The Hall–Kier alpha value is -3.37. The Kier molecular flexibility index (Phi) is 5.46. The number of anilines is 1. The van der Waals surface area contributed by atoms with Gasteiger partial charge < -0.3 is 9.73 Å². The van der Waals surface area contributed by atoms with E-state index in [1.165, 1.54) is 6.21 Å². The zero-order valence-corrected chi connectivity index (χ0v) is 15.0. The van der Waals surface area contributed by atoms with Crippen LogP contribution in [0.3, 0.4) is 0 Å². The smallest absolute Gasteiger partial charge is 0.339 e. The van der Waals surface area contributed by atoms with Gasteiger partial charge in [0.25, 0.3) is 0 Å². The number of nitriles is 1. The molecule has 0 radical (unpaired) electrons. The van der Waals surface area contributed by atoms with Crippen LogP contribution in [-0.4, -0.2) is 12.2 Å². The van der Waals surface area contributed by atoms with Crippen LogP contribution in [0, 0.1) is 11.3 Å². The number of halogens is 1. The molecule has 3 rings (SSSR count). The van der Waals surface area contributed by atoms with E-state index in [0.29, 0.717) is 22.8 Å². The number of nitrogens with zero attached hydrogens (tertiary/aromatic N) is 2. The molecular weight excluding hydrogens is 396 g/mol. The average Bonchev–Trinajstić information content (AvgIpc) is 3.12. The number of amides is 2. The largest absolute Gasteiger partial charge is 0.455 e. The van der Waals surface area contributed by atoms with E-state index in [1.807, 2.05) is 24.3 Å². The maximum absolute atomic E-state index is 11.8. The number of rotatable bonds is 4. The van der Waals surface area contributed by atoms with Crippen LogP contribution in [0.4, 0.5) is 10.5 Å². The molecule has 1 aromatic heterocycles. The summed E-state index contributed by atoms with van der Waals surface area (Å²) < 4.78 is 6.58. The van der Waals surface area contributed by atoms with E-state index in [2.05, 4.69) is 37.8 Å². The summed E-state index contributed by atoms with van der Waals surface area (Å²) in [6.07, 6.45) is 1.41. The predicted octanol–water partition coefficient (Wildman–Crippen LogP) is 4.74. The van der Waals surface area contributed by atoms with Gasteiger partial charge in [0.1, 0.15) is 11.5 Å². The quantitative estimate of drug-likeness (QED) is 0.482. The van der Waals surface area contributed by atoms with Gasteiger partial charge in [0.2, 0.25) is 0 Å². The minimum atomic E-state index is -0.456. The molecule has 0 fully saturated rings. The summed E-state index contributed by atoms with van der Waals surface area (Å²) in [5.74, 6) is 1.14. The number of hydrazone groups is 1. The van der Waals surface area contributed by atoms with Gasteiger partial charge in [-0.2, -0.15) is 10.4 Å². The lowest BCUT2D eigenvalue weighted by atomic mass is 10.1. The van der Waals surface area contributed by atoms with Gasteiger partial charge in [-0.25, -0.2) is 10.2 Å². The minimum Gasteiger partial charge on any atom is -0.455 e. The second kappa shape index (κ2) is 8.14. The lowest BCUT2D eigenvalue weighted by Gasteiger charge is -2.03. The van der Waals surface area contributed by atoms with E-state index >= 15 is 0 Å². The SMILES string of the molecule is N#Cc1ccc(-c2ccc(C=NNC(=O)Nc3ccc(Br)cc3)o2)cc1. The molecule has 0 atom stereocenters. The van der Waals surface area contributed by atoms with Crippen LogP contribution >= 0.6 is 15.9 Å². The van der Waals surface area contributed by atoms with Crippen molar-refractivity contribution in [2.45, 2.75) is 0 Å². The van der Waals surface area contributed by atoms with Gasteiger partial charge in [0.15, 0.2) is 0 Å². The molecule has 0 spiro atoms. The second-order valence-corrected chi connectivity index (χ2v) is 6.14. The molecule has 0 bridgehead atoms. The van der Waals surface area contributed by atoms with Crippen molar-refractivity contribution in [1.29, 1.82) is 5.26 Å².